The number of nitrogens with zero attached hydrogens (tertiary/aromatic N) is 5. The molecule has 166 valence electrons. The van der Waals surface area contributed by atoms with Crippen LogP contribution in [0.2, 0.25) is 0 Å². The van der Waals surface area contributed by atoms with Gasteiger partial charge in [0.05, 0.1) is 17.3 Å². The first-order valence-electron chi connectivity index (χ1n) is 10.8. The summed E-state index contributed by atoms with van der Waals surface area (Å²) in [7, 11) is -1.86. The summed E-state index contributed by atoms with van der Waals surface area (Å²) in [5.41, 5.74) is 4.39. The number of aromatic nitrogens is 4. The Morgan fingerprint density at radius 1 is 1.12 bits per heavy atom. The predicted octanol–water partition coefficient (Wildman–Crippen LogP) is 3.86. The minimum Gasteiger partial charge on any atom is -0.372 e. The molecule has 32 heavy (non-hydrogen) atoms. The second-order valence-electron chi connectivity index (χ2n) is 8.09. The van der Waals surface area contributed by atoms with Gasteiger partial charge in [0.25, 0.3) is 10.0 Å². The molecule has 0 radical (unpaired) electrons. The van der Waals surface area contributed by atoms with Crippen LogP contribution in [0.1, 0.15) is 19.8 Å². The Balaban J connectivity index is 1.59. The second-order valence-corrected chi connectivity index (χ2v) is 9.77. The van der Waals surface area contributed by atoms with Crippen molar-refractivity contribution in [2.24, 2.45) is 7.05 Å². The lowest BCUT2D eigenvalue weighted by atomic mass is 10.0. The van der Waals surface area contributed by atoms with Crippen LogP contribution >= 0.6 is 0 Å². The summed E-state index contributed by atoms with van der Waals surface area (Å²) in [6.07, 6.45) is 8.96. The molecule has 0 aliphatic carbocycles. The number of aryl methyl sites for hydroxylation is 2. The van der Waals surface area contributed by atoms with Crippen LogP contribution in [-0.4, -0.2) is 40.8 Å². The SMILES string of the molecule is CCn1cc(S(=O)(=O)Nc2ccnc3c2c(-c2cccc(N4CCCC4)c2)cn3C)cn1. The molecule has 5 rings (SSSR count). The van der Waals surface area contributed by atoms with Gasteiger partial charge in [0.1, 0.15) is 10.5 Å². The van der Waals surface area contributed by atoms with E-state index in [1.54, 1.807) is 16.9 Å². The van der Waals surface area contributed by atoms with Gasteiger partial charge in [-0.05, 0) is 43.5 Å². The van der Waals surface area contributed by atoms with Gasteiger partial charge in [-0.2, -0.15) is 5.10 Å². The van der Waals surface area contributed by atoms with Crippen LogP contribution in [0.15, 0.2) is 60.0 Å². The zero-order valence-electron chi connectivity index (χ0n) is 18.2. The van der Waals surface area contributed by atoms with E-state index in [9.17, 15) is 8.42 Å². The Kier molecular flexibility index (Phi) is 5.13. The Labute approximate surface area is 187 Å². The molecule has 3 aromatic heterocycles. The van der Waals surface area contributed by atoms with Crippen LogP contribution in [0.3, 0.4) is 0 Å². The van der Waals surface area contributed by atoms with Crippen LogP contribution in [0.5, 0.6) is 0 Å². The van der Waals surface area contributed by atoms with E-state index in [2.05, 4.69) is 44.0 Å². The number of hydrogen-bond acceptors (Lipinski definition) is 5. The molecule has 1 saturated heterocycles. The maximum Gasteiger partial charge on any atom is 0.265 e. The van der Waals surface area contributed by atoms with Gasteiger partial charge in [-0.3, -0.25) is 9.40 Å². The standard InChI is InChI=1S/C23H26N6O2S/c1-3-29-15-19(14-25-29)32(30,31)26-21-9-10-24-23-22(21)20(16-27(23)2)17-7-6-8-18(13-17)28-11-4-5-12-28/h6-10,13-16H,3-5,11-12H2,1-2H3,(H,24,26). The topological polar surface area (TPSA) is 85.0 Å². The fraction of sp³-hybridized carbons (Fsp3) is 0.304. The number of anilines is 2. The molecule has 1 aliphatic rings. The highest BCUT2D eigenvalue weighted by Crippen LogP contribution is 2.37. The van der Waals surface area contributed by atoms with Gasteiger partial charge in [-0.15, -0.1) is 0 Å². The van der Waals surface area contributed by atoms with Gasteiger partial charge in [0.15, 0.2) is 0 Å². The summed E-state index contributed by atoms with van der Waals surface area (Å²) in [4.78, 5) is 7.04. The maximum atomic E-state index is 13.1. The van der Waals surface area contributed by atoms with E-state index in [0.29, 0.717) is 12.2 Å². The van der Waals surface area contributed by atoms with Crippen molar-refractivity contribution in [3.8, 4) is 11.1 Å². The average Bonchev–Trinajstić information content (AvgIpc) is 3.55. The second kappa shape index (κ2) is 7.98. The Hall–Kier alpha value is -3.33. The molecule has 9 heteroatoms. The lowest BCUT2D eigenvalue weighted by Crippen LogP contribution is -2.17. The van der Waals surface area contributed by atoms with Gasteiger partial charge >= 0.3 is 0 Å². The van der Waals surface area contributed by atoms with Crippen molar-refractivity contribution in [2.75, 3.05) is 22.7 Å². The van der Waals surface area contributed by atoms with Crippen molar-refractivity contribution in [3.63, 3.8) is 0 Å². The molecule has 0 amide bonds. The number of pyridine rings is 1. The van der Waals surface area contributed by atoms with Crippen LogP contribution in [0.4, 0.5) is 11.4 Å². The summed E-state index contributed by atoms with van der Waals surface area (Å²) in [6, 6.07) is 10.1. The third kappa shape index (κ3) is 3.62. The first kappa shape index (κ1) is 20.6. The molecule has 1 fully saturated rings. The molecular formula is C23H26N6O2S. The molecule has 1 aliphatic heterocycles. The Bertz CT molecular complexity index is 1380. The number of nitrogens with one attached hydrogen (secondary N) is 1. The molecule has 0 atom stereocenters. The van der Waals surface area contributed by atoms with Crippen molar-refractivity contribution in [2.45, 2.75) is 31.2 Å². The number of hydrogen-bond donors (Lipinski definition) is 1. The van der Waals surface area contributed by atoms with E-state index in [-0.39, 0.29) is 4.90 Å². The molecule has 0 spiro atoms. The summed E-state index contributed by atoms with van der Waals surface area (Å²) < 4.78 is 32.4. The zero-order chi connectivity index (χ0) is 22.3. The van der Waals surface area contributed by atoms with E-state index in [0.717, 1.165) is 35.2 Å². The van der Waals surface area contributed by atoms with Gasteiger partial charge in [0, 0.05) is 56.5 Å². The van der Waals surface area contributed by atoms with E-state index < -0.39 is 10.0 Å². The summed E-state index contributed by atoms with van der Waals surface area (Å²) in [6.45, 7) is 4.65. The molecule has 4 aromatic rings. The summed E-state index contributed by atoms with van der Waals surface area (Å²) in [5, 5.41) is 4.88. The first-order chi connectivity index (χ1) is 15.5. The van der Waals surface area contributed by atoms with Crippen LogP contribution in [-0.2, 0) is 23.6 Å². The van der Waals surface area contributed by atoms with E-state index in [1.165, 1.54) is 30.9 Å². The smallest absolute Gasteiger partial charge is 0.265 e. The third-order valence-electron chi connectivity index (χ3n) is 5.97. The lowest BCUT2D eigenvalue weighted by molar-refractivity contribution is 0.600. The Morgan fingerprint density at radius 2 is 1.94 bits per heavy atom. The average molecular weight is 451 g/mol. The van der Waals surface area contributed by atoms with Gasteiger partial charge in [-0.25, -0.2) is 13.4 Å². The minimum absolute atomic E-state index is 0.137. The normalized spacial score (nSPS) is 14.4. The number of rotatable bonds is 6. The zero-order valence-corrected chi connectivity index (χ0v) is 19.0. The predicted molar refractivity (Wildman–Crippen MR) is 126 cm³/mol. The fourth-order valence-corrected chi connectivity index (χ4v) is 5.34. The third-order valence-corrected chi connectivity index (χ3v) is 7.29. The van der Waals surface area contributed by atoms with E-state index >= 15 is 0 Å². The molecule has 0 bridgehead atoms. The van der Waals surface area contributed by atoms with E-state index in [4.69, 9.17) is 0 Å². The molecular weight excluding hydrogens is 424 g/mol. The van der Waals surface area contributed by atoms with Crippen molar-refractivity contribution >= 4 is 32.4 Å². The molecule has 8 nitrogen and oxygen atoms in total. The highest BCUT2D eigenvalue weighted by Gasteiger charge is 2.21. The van der Waals surface area contributed by atoms with Gasteiger partial charge in [-0.1, -0.05) is 12.1 Å². The van der Waals surface area contributed by atoms with Gasteiger partial charge < -0.3 is 9.47 Å². The minimum atomic E-state index is -3.78. The van der Waals surface area contributed by atoms with Crippen molar-refractivity contribution in [3.05, 3.63) is 55.1 Å². The van der Waals surface area contributed by atoms with Crippen molar-refractivity contribution < 1.29 is 8.42 Å². The molecule has 0 saturated carbocycles. The van der Waals surface area contributed by atoms with Crippen LogP contribution in [0, 0.1) is 0 Å². The molecule has 0 unspecified atom stereocenters. The summed E-state index contributed by atoms with van der Waals surface area (Å²) >= 11 is 0. The first-order valence-corrected chi connectivity index (χ1v) is 12.3. The molecule has 1 N–H and O–H groups in total. The monoisotopic (exact) mass is 450 g/mol. The molecule has 1 aromatic carbocycles. The van der Waals surface area contributed by atoms with Crippen LogP contribution in [0.25, 0.3) is 22.2 Å². The number of fused-ring (bicyclic) bond motifs is 1. The largest absolute Gasteiger partial charge is 0.372 e. The fourth-order valence-electron chi connectivity index (χ4n) is 4.31. The summed E-state index contributed by atoms with van der Waals surface area (Å²) in [5.74, 6) is 0. The van der Waals surface area contributed by atoms with Crippen molar-refractivity contribution in [1.82, 2.24) is 19.3 Å². The quantitative estimate of drug-likeness (QED) is 0.482. The highest BCUT2D eigenvalue weighted by atomic mass is 32.2. The van der Waals surface area contributed by atoms with Crippen LogP contribution < -0.4 is 9.62 Å². The Morgan fingerprint density at radius 3 is 2.69 bits per heavy atom. The maximum absolute atomic E-state index is 13.1. The lowest BCUT2D eigenvalue weighted by Gasteiger charge is -2.18. The highest BCUT2D eigenvalue weighted by molar-refractivity contribution is 7.92. The van der Waals surface area contributed by atoms with Crippen molar-refractivity contribution in [1.29, 1.82) is 0 Å². The van der Waals surface area contributed by atoms with Gasteiger partial charge in [0.2, 0.25) is 0 Å². The number of sulfonamides is 1. The van der Waals surface area contributed by atoms with E-state index in [1.807, 2.05) is 24.7 Å². The number of benzene rings is 1. The molecule has 4 heterocycles.